The molecule has 0 saturated heterocycles. The molecule has 0 radical (unpaired) electrons. The average molecular weight is 461 g/mol. The third-order valence-electron chi connectivity index (χ3n) is 4.41. The van der Waals surface area contributed by atoms with Crippen molar-refractivity contribution < 1.29 is 22.4 Å². The van der Waals surface area contributed by atoms with E-state index in [2.05, 4.69) is 10.6 Å². The van der Waals surface area contributed by atoms with Gasteiger partial charge in [-0.1, -0.05) is 18.5 Å². The van der Waals surface area contributed by atoms with E-state index in [1.807, 2.05) is 6.92 Å². The number of benzene rings is 2. The number of carbonyl (C=O) groups excluding carboxylic acids is 2. The fraction of sp³-hybridized carbons (Fsp3) is 0.182. The molecular formula is C22H21ClN2O5S. The van der Waals surface area contributed by atoms with Gasteiger partial charge in [-0.15, -0.1) is 0 Å². The van der Waals surface area contributed by atoms with Crippen LogP contribution in [0.15, 0.2) is 75.1 Å². The molecule has 3 aromatic rings. The van der Waals surface area contributed by atoms with Crippen molar-refractivity contribution >= 4 is 38.9 Å². The zero-order valence-corrected chi connectivity index (χ0v) is 18.3. The lowest BCUT2D eigenvalue weighted by Crippen LogP contribution is -2.23. The molecule has 0 aliphatic heterocycles. The first kappa shape index (κ1) is 22.6. The molecule has 2 aromatic carbocycles. The highest BCUT2D eigenvalue weighted by molar-refractivity contribution is 7.91. The molecule has 0 bridgehead atoms. The molecule has 0 aliphatic rings. The largest absolute Gasteiger partial charge is 0.467 e. The molecular weight excluding hydrogens is 440 g/mol. The van der Waals surface area contributed by atoms with E-state index in [0.717, 1.165) is 0 Å². The highest BCUT2D eigenvalue weighted by atomic mass is 35.5. The summed E-state index contributed by atoms with van der Waals surface area (Å²) in [6.07, 6.45) is 2.31. The summed E-state index contributed by atoms with van der Waals surface area (Å²) in [7, 11) is -3.96. The van der Waals surface area contributed by atoms with Gasteiger partial charge in [0, 0.05) is 17.0 Å². The molecule has 2 N–H and O–H groups in total. The predicted molar refractivity (Wildman–Crippen MR) is 117 cm³/mol. The van der Waals surface area contributed by atoms with E-state index >= 15 is 0 Å². The van der Waals surface area contributed by atoms with Crippen LogP contribution >= 0.6 is 11.6 Å². The quantitative estimate of drug-likeness (QED) is 0.517. The van der Waals surface area contributed by atoms with Gasteiger partial charge in [-0.2, -0.15) is 0 Å². The molecule has 3 rings (SSSR count). The average Bonchev–Trinajstić information content (AvgIpc) is 3.26. The number of carbonyl (C=O) groups is 2. The maximum Gasteiger partial charge on any atom is 0.251 e. The van der Waals surface area contributed by atoms with Crippen LogP contribution in [0.25, 0.3) is 0 Å². The molecule has 0 fully saturated rings. The van der Waals surface area contributed by atoms with E-state index in [9.17, 15) is 18.0 Å². The molecule has 9 heteroatoms. The number of nitrogens with one attached hydrogen (secondary N) is 2. The lowest BCUT2D eigenvalue weighted by atomic mass is 10.1. The molecule has 31 heavy (non-hydrogen) atoms. The maximum atomic E-state index is 13.2. The summed E-state index contributed by atoms with van der Waals surface area (Å²) in [6.45, 7) is 2.01. The van der Waals surface area contributed by atoms with Crippen LogP contribution in [0.2, 0.25) is 5.02 Å². The second kappa shape index (κ2) is 9.80. The van der Waals surface area contributed by atoms with E-state index in [1.54, 1.807) is 12.1 Å². The number of hydrogen-bond donors (Lipinski definition) is 2. The van der Waals surface area contributed by atoms with Gasteiger partial charge >= 0.3 is 0 Å². The Morgan fingerprint density at radius 2 is 1.81 bits per heavy atom. The molecule has 0 atom stereocenters. The van der Waals surface area contributed by atoms with E-state index in [4.69, 9.17) is 16.0 Å². The van der Waals surface area contributed by atoms with Crippen molar-refractivity contribution in [3.8, 4) is 0 Å². The number of rotatable bonds is 8. The summed E-state index contributed by atoms with van der Waals surface area (Å²) >= 11 is 5.86. The van der Waals surface area contributed by atoms with Crippen LogP contribution < -0.4 is 10.6 Å². The lowest BCUT2D eigenvalue weighted by Gasteiger charge is -2.14. The van der Waals surface area contributed by atoms with Crippen molar-refractivity contribution in [2.75, 3.05) is 5.32 Å². The van der Waals surface area contributed by atoms with Crippen LogP contribution in [0.4, 0.5) is 5.69 Å². The summed E-state index contributed by atoms with van der Waals surface area (Å²) in [5.74, 6) is -0.201. The smallest absolute Gasteiger partial charge is 0.251 e. The highest BCUT2D eigenvalue weighted by Gasteiger charge is 2.24. The molecule has 0 aliphatic carbocycles. The standard InChI is InChI=1S/C22H21ClN2O5S/c1-2-4-21(26)25-19-13-15(22(27)24-14-17-5-3-12-30-17)6-11-20(19)31(28,29)18-9-7-16(23)8-10-18/h3,5-13H,2,4,14H2,1H3,(H,24,27)(H,25,26). The lowest BCUT2D eigenvalue weighted by molar-refractivity contribution is -0.116. The predicted octanol–water partition coefficient (Wildman–Crippen LogP) is 4.43. The van der Waals surface area contributed by atoms with Crippen molar-refractivity contribution in [2.45, 2.75) is 36.1 Å². The summed E-state index contributed by atoms with van der Waals surface area (Å²) < 4.78 is 31.5. The topological polar surface area (TPSA) is 105 Å². The summed E-state index contributed by atoms with van der Waals surface area (Å²) in [6, 6.07) is 13.2. The van der Waals surface area contributed by atoms with Crippen molar-refractivity contribution in [1.82, 2.24) is 5.32 Å². The number of sulfone groups is 1. The Morgan fingerprint density at radius 1 is 1.06 bits per heavy atom. The maximum absolute atomic E-state index is 13.2. The number of halogens is 1. The van der Waals surface area contributed by atoms with Gasteiger partial charge in [0.15, 0.2) is 0 Å². The van der Waals surface area contributed by atoms with Gasteiger partial charge in [0.25, 0.3) is 5.91 Å². The molecule has 1 aromatic heterocycles. The fourth-order valence-corrected chi connectivity index (χ4v) is 4.39. The minimum absolute atomic E-state index is 0.0258. The van der Waals surface area contributed by atoms with Crippen molar-refractivity contribution in [3.63, 3.8) is 0 Å². The Bertz CT molecular complexity index is 1170. The molecule has 7 nitrogen and oxygen atoms in total. The van der Waals surface area contributed by atoms with Crippen molar-refractivity contribution in [3.05, 3.63) is 77.2 Å². The van der Waals surface area contributed by atoms with Crippen LogP contribution in [-0.2, 0) is 21.2 Å². The van der Waals surface area contributed by atoms with Crippen molar-refractivity contribution in [1.29, 1.82) is 0 Å². The van der Waals surface area contributed by atoms with Crippen LogP contribution in [-0.4, -0.2) is 20.2 Å². The zero-order valence-electron chi connectivity index (χ0n) is 16.7. The number of hydrogen-bond acceptors (Lipinski definition) is 5. The fourth-order valence-electron chi connectivity index (χ4n) is 2.87. The Hall–Kier alpha value is -3.10. The Labute approximate surface area is 185 Å². The normalized spacial score (nSPS) is 11.2. The Balaban J connectivity index is 1.95. The summed E-state index contributed by atoms with van der Waals surface area (Å²) in [5, 5.41) is 5.72. The second-order valence-electron chi connectivity index (χ2n) is 6.73. The zero-order chi connectivity index (χ0) is 22.4. The summed E-state index contributed by atoms with van der Waals surface area (Å²) in [5.41, 5.74) is 0.243. The van der Waals surface area contributed by atoms with Gasteiger partial charge in [0.05, 0.1) is 28.3 Å². The molecule has 0 unspecified atom stereocenters. The second-order valence-corrected chi connectivity index (χ2v) is 9.08. The molecule has 162 valence electrons. The number of furan rings is 1. The molecule has 0 saturated carbocycles. The first-order valence-electron chi connectivity index (χ1n) is 9.56. The third-order valence-corrected chi connectivity index (χ3v) is 6.49. The van der Waals surface area contributed by atoms with E-state index in [-0.39, 0.29) is 39.9 Å². The third kappa shape index (κ3) is 5.53. The van der Waals surface area contributed by atoms with Gasteiger partial charge in [0.2, 0.25) is 15.7 Å². The van der Waals surface area contributed by atoms with Crippen molar-refractivity contribution in [2.24, 2.45) is 0 Å². The molecule has 0 spiro atoms. The minimum Gasteiger partial charge on any atom is -0.467 e. The highest BCUT2D eigenvalue weighted by Crippen LogP contribution is 2.30. The number of amides is 2. The van der Waals surface area contributed by atoms with E-state index < -0.39 is 15.7 Å². The van der Waals surface area contributed by atoms with Gasteiger partial charge < -0.3 is 15.1 Å². The first-order chi connectivity index (χ1) is 14.8. The van der Waals surface area contributed by atoms with Crippen LogP contribution in [0.1, 0.15) is 35.9 Å². The van der Waals surface area contributed by atoms with E-state index in [0.29, 0.717) is 17.2 Å². The van der Waals surface area contributed by atoms with Gasteiger partial charge in [-0.05, 0) is 61.0 Å². The Kier molecular flexibility index (Phi) is 7.14. The monoisotopic (exact) mass is 460 g/mol. The van der Waals surface area contributed by atoms with Gasteiger partial charge in [0.1, 0.15) is 5.76 Å². The molecule has 2 amide bonds. The SMILES string of the molecule is CCCC(=O)Nc1cc(C(=O)NCc2ccco2)ccc1S(=O)(=O)c1ccc(Cl)cc1. The Morgan fingerprint density at radius 3 is 2.45 bits per heavy atom. The molecule has 1 heterocycles. The minimum atomic E-state index is -3.96. The van der Waals surface area contributed by atoms with Gasteiger partial charge in [-0.3, -0.25) is 9.59 Å². The first-order valence-corrected chi connectivity index (χ1v) is 11.4. The van der Waals surface area contributed by atoms with Crippen LogP contribution in [0.3, 0.4) is 0 Å². The van der Waals surface area contributed by atoms with Gasteiger partial charge in [-0.25, -0.2) is 8.42 Å². The van der Waals surface area contributed by atoms with Crippen LogP contribution in [0.5, 0.6) is 0 Å². The summed E-state index contributed by atoms with van der Waals surface area (Å²) in [4.78, 5) is 24.7. The van der Waals surface area contributed by atoms with Crippen LogP contribution in [0, 0.1) is 0 Å². The number of anilines is 1. The van der Waals surface area contributed by atoms with E-state index in [1.165, 1.54) is 48.7 Å².